The Kier molecular flexibility index (Phi) is 4.72. The molecule has 0 spiro atoms. The Balaban J connectivity index is 1.41. The number of fused-ring (bicyclic) bond motifs is 2. The highest BCUT2D eigenvalue weighted by molar-refractivity contribution is 5.84. The summed E-state index contributed by atoms with van der Waals surface area (Å²) in [7, 11) is 0. The van der Waals surface area contributed by atoms with Crippen LogP contribution in [0.2, 0.25) is 0 Å². The Morgan fingerprint density at radius 2 is 1.97 bits per heavy atom. The first-order chi connectivity index (χ1) is 14.7. The third-order valence-electron chi connectivity index (χ3n) is 7.88. The molecule has 2 aliphatic carbocycles. The van der Waals surface area contributed by atoms with Gasteiger partial charge in [-0.1, -0.05) is 6.42 Å². The lowest BCUT2D eigenvalue weighted by atomic mass is 9.78. The van der Waals surface area contributed by atoms with Crippen LogP contribution in [-0.4, -0.2) is 26.9 Å². The number of amides is 1. The summed E-state index contributed by atoms with van der Waals surface area (Å²) in [4.78, 5) is 19.7. The predicted octanol–water partition coefficient (Wildman–Crippen LogP) is 5.23. The van der Waals surface area contributed by atoms with Gasteiger partial charge in [0.05, 0.1) is 11.0 Å². The second kappa shape index (κ2) is 7.10. The first-order valence-corrected chi connectivity index (χ1v) is 11.2. The van der Waals surface area contributed by atoms with Gasteiger partial charge in [-0.2, -0.15) is 13.2 Å². The van der Waals surface area contributed by atoms with Crippen LogP contribution in [0.15, 0.2) is 24.4 Å². The second-order valence-electron chi connectivity index (χ2n) is 9.63. The van der Waals surface area contributed by atoms with E-state index in [9.17, 15) is 18.0 Å². The number of pyridine rings is 1. The molecule has 1 amide bonds. The van der Waals surface area contributed by atoms with Gasteiger partial charge in [-0.05, 0) is 69.2 Å². The van der Waals surface area contributed by atoms with E-state index in [-0.39, 0.29) is 17.9 Å². The molecule has 3 aliphatic rings. The molecular formula is C24H28F3N3O. The van der Waals surface area contributed by atoms with Crippen molar-refractivity contribution in [2.75, 3.05) is 6.54 Å². The first-order valence-electron chi connectivity index (χ1n) is 11.2. The Bertz CT molecular complexity index is 1010. The van der Waals surface area contributed by atoms with E-state index < -0.39 is 11.7 Å². The maximum atomic E-state index is 13.9. The number of aromatic nitrogens is 2. The van der Waals surface area contributed by atoms with Crippen molar-refractivity contribution < 1.29 is 18.0 Å². The molecule has 0 aromatic carbocycles. The fourth-order valence-corrected chi connectivity index (χ4v) is 6.48. The molecular weight excluding hydrogens is 403 g/mol. The van der Waals surface area contributed by atoms with Gasteiger partial charge in [-0.15, -0.1) is 0 Å². The van der Waals surface area contributed by atoms with Crippen molar-refractivity contribution in [3.8, 4) is 0 Å². The Labute approximate surface area is 180 Å². The van der Waals surface area contributed by atoms with Crippen molar-refractivity contribution in [1.82, 2.24) is 14.5 Å². The lowest BCUT2D eigenvalue weighted by Crippen LogP contribution is -2.46. The van der Waals surface area contributed by atoms with Gasteiger partial charge in [0, 0.05) is 48.8 Å². The van der Waals surface area contributed by atoms with E-state index in [1.54, 1.807) is 4.90 Å². The van der Waals surface area contributed by atoms with Crippen LogP contribution >= 0.6 is 0 Å². The largest absolute Gasteiger partial charge is 0.417 e. The Morgan fingerprint density at radius 1 is 1.23 bits per heavy atom. The second-order valence-corrected chi connectivity index (χ2v) is 9.63. The summed E-state index contributed by atoms with van der Waals surface area (Å²) >= 11 is 0. The molecule has 2 fully saturated rings. The van der Waals surface area contributed by atoms with E-state index in [1.807, 2.05) is 0 Å². The molecule has 2 aromatic rings. The zero-order valence-electron chi connectivity index (χ0n) is 18.0. The van der Waals surface area contributed by atoms with Crippen molar-refractivity contribution in [3.63, 3.8) is 0 Å². The average Bonchev–Trinajstić information content (AvgIpc) is 3.38. The molecule has 2 saturated carbocycles. The van der Waals surface area contributed by atoms with Crippen LogP contribution in [0.3, 0.4) is 0 Å². The fraction of sp³-hybridized carbons (Fsp3) is 0.583. The summed E-state index contributed by atoms with van der Waals surface area (Å²) in [6.45, 7) is 4.99. The number of hydrogen-bond donors (Lipinski definition) is 0. The third-order valence-corrected chi connectivity index (χ3v) is 7.88. The van der Waals surface area contributed by atoms with Crippen molar-refractivity contribution in [1.29, 1.82) is 0 Å². The van der Waals surface area contributed by atoms with Gasteiger partial charge >= 0.3 is 6.18 Å². The number of rotatable bonds is 2. The molecule has 7 heteroatoms. The average molecular weight is 432 g/mol. The quantitative estimate of drug-likeness (QED) is 0.654. The Hall–Kier alpha value is -2.31. The minimum atomic E-state index is -4.42. The van der Waals surface area contributed by atoms with E-state index in [1.165, 1.54) is 17.5 Å². The first kappa shape index (κ1) is 20.6. The van der Waals surface area contributed by atoms with Crippen LogP contribution in [0.4, 0.5) is 13.2 Å². The molecule has 3 atom stereocenters. The molecule has 166 valence electrons. The van der Waals surface area contributed by atoms with Crippen LogP contribution in [-0.2, 0) is 23.9 Å². The number of hydrogen-bond acceptors (Lipinski definition) is 2. The lowest BCUT2D eigenvalue weighted by molar-refractivity contribution is -0.144. The van der Waals surface area contributed by atoms with Crippen molar-refractivity contribution in [3.05, 3.63) is 52.6 Å². The smallest absolute Gasteiger partial charge is 0.346 e. The Morgan fingerprint density at radius 3 is 2.68 bits per heavy atom. The summed E-state index contributed by atoms with van der Waals surface area (Å²) in [5, 5.41) is 0. The topological polar surface area (TPSA) is 38.1 Å². The normalized spacial score (nSPS) is 28.0. The van der Waals surface area contributed by atoms with Gasteiger partial charge in [-0.25, -0.2) is 0 Å². The standard InChI is InChI=1S/C24H28F3N3O/c1-15-5-6-16(2)30(15)20-11-18-4-3-8-23(18,12-20)22(31)29-9-7-21-17(14-29)10-19(13-28-21)24(25,26)27/h5-6,10,13,18,20H,3-4,7-9,11-12,14H2,1-2H3/t18-,20-,23-/m1/s1. The van der Waals surface area contributed by atoms with Crippen LogP contribution in [0.1, 0.15) is 66.4 Å². The van der Waals surface area contributed by atoms with Crippen molar-refractivity contribution >= 4 is 5.91 Å². The van der Waals surface area contributed by atoms with E-state index in [2.05, 4.69) is 35.5 Å². The van der Waals surface area contributed by atoms with E-state index in [4.69, 9.17) is 0 Å². The zero-order valence-corrected chi connectivity index (χ0v) is 18.0. The van der Waals surface area contributed by atoms with Crippen molar-refractivity contribution in [2.45, 2.75) is 71.1 Å². The van der Waals surface area contributed by atoms with E-state index >= 15 is 0 Å². The summed E-state index contributed by atoms with van der Waals surface area (Å²) in [6, 6.07) is 5.75. The molecule has 0 unspecified atom stereocenters. The lowest BCUT2D eigenvalue weighted by Gasteiger charge is -2.37. The minimum absolute atomic E-state index is 0.142. The maximum Gasteiger partial charge on any atom is 0.417 e. The van der Waals surface area contributed by atoms with Gasteiger partial charge in [0.1, 0.15) is 0 Å². The van der Waals surface area contributed by atoms with Crippen LogP contribution in [0, 0.1) is 25.2 Å². The molecule has 2 aromatic heterocycles. The molecule has 3 heterocycles. The highest BCUT2D eigenvalue weighted by Crippen LogP contribution is 2.59. The summed E-state index contributed by atoms with van der Waals surface area (Å²) < 4.78 is 41.8. The maximum absolute atomic E-state index is 13.9. The molecule has 0 N–H and O–H groups in total. The van der Waals surface area contributed by atoms with Gasteiger partial charge in [0.15, 0.2) is 0 Å². The molecule has 31 heavy (non-hydrogen) atoms. The number of halogens is 3. The summed E-state index contributed by atoms with van der Waals surface area (Å²) in [5.41, 5.74) is 2.55. The van der Waals surface area contributed by atoms with E-state index in [0.717, 1.165) is 38.3 Å². The van der Waals surface area contributed by atoms with Gasteiger partial charge in [-0.3, -0.25) is 9.78 Å². The molecule has 0 saturated heterocycles. The number of carbonyl (C=O) groups is 1. The van der Waals surface area contributed by atoms with Crippen LogP contribution in [0.25, 0.3) is 0 Å². The number of carbonyl (C=O) groups excluding carboxylic acids is 1. The summed E-state index contributed by atoms with van der Waals surface area (Å²) in [6.07, 6.45) is 1.84. The molecule has 1 aliphatic heterocycles. The van der Waals surface area contributed by atoms with E-state index in [0.29, 0.717) is 36.2 Å². The third kappa shape index (κ3) is 3.28. The van der Waals surface area contributed by atoms with Gasteiger partial charge in [0.2, 0.25) is 5.91 Å². The molecule has 0 bridgehead atoms. The minimum Gasteiger partial charge on any atom is -0.346 e. The van der Waals surface area contributed by atoms with Crippen molar-refractivity contribution in [2.24, 2.45) is 11.3 Å². The highest BCUT2D eigenvalue weighted by Gasteiger charge is 2.56. The SMILES string of the molecule is Cc1ccc(C)n1[C@@H]1C[C@H]2CCC[C@@]2(C(=O)N2CCc3ncc(C(F)(F)F)cc3C2)C1. The monoisotopic (exact) mass is 431 g/mol. The zero-order chi connectivity index (χ0) is 22.0. The molecule has 5 rings (SSSR count). The number of alkyl halides is 3. The molecule has 4 nitrogen and oxygen atoms in total. The number of nitrogens with zero attached hydrogens (tertiary/aromatic N) is 3. The number of aryl methyl sites for hydroxylation is 2. The van der Waals surface area contributed by atoms with Gasteiger partial charge < -0.3 is 9.47 Å². The van der Waals surface area contributed by atoms with Gasteiger partial charge in [0.25, 0.3) is 0 Å². The highest BCUT2D eigenvalue weighted by atomic mass is 19.4. The summed E-state index contributed by atoms with van der Waals surface area (Å²) in [5.74, 6) is 0.496. The van der Waals surface area contributed by atoms with Crippen LogP contribution in [0.5, 0.6) is 0 Å². The van der Waals surface area contributed by atoms with Crippen LogP contribution < -0.4 is 0 Å². The predicted molar refractivity (Wildman–Crippen MR) is 110 cm³/mol. The fourth-order valence-electron chi connectivity index (χ4n) is 6.48. The molecule has 0 radical (unpaired) electrons.